The van der Waals surface area contributed by atoms with Gasteiger partial charge in [-0.25, -0.2) is 0 Å². The minimum atomic E-state index is 0.438. The molecule has 13 heavy (non-hydrogen) atoms. The van der Waals surface area contributed by atoms with Crippen LogP contribution in [0.25, 0.3) is 0 Å². The van der Waals surface area contributed by atoms with Crippen LogP contribution >= 0.6 is 39.1 Å². The summed E-state index contributed by atoms with van der Waals surface area (Å²) in [4.78, 5) is 0. The summed E-state index contributed by atoms with van der Waals surface area (Å²) in [5.74, 6) is 1.05. The lowest BCUT2D eigenvalue weighted by atomic mass is 10.3. The summed E-state index contributed by atoms with van der Waals surface area (Å²) in [5.41, 5.74) is 0. The van der Waals surface area contributed by atoms with E-state index < -0.39 is 0 Å². The molecule has 1 aromatic carbocycles. The van der Waals surface area contributed by atoms with Crippen molar-refractivity contribution >= 4 is 39.1 Å². The van der Waals surface area contributed by atoms with E-state index in [1.54, 1.807) is 6.07 Å². The summed E-state index contributed by atoms with van der Waals surface area (Å²) in [6.45, 7) is 0. The largest absolute Gasteiger partial charge is 0.495 e. The zero-order valence-corrected chi connectivity index (χ0v) is 10.1. The average Bonchev–Trinajstić information content (AvgIpc) is 2.15. The molecular weight excluding hydrogens is 279 g/mol. The third-order valence-electron chi connectivity index (χ3n) is 1.52. The Kier molecular flexibility index (Phi) is 3.71. The van der Waals surface area contributed by atoms with Crippen LogP contribution in [0.5, 0.6) is 11.5 Å². The fourth-order valence-electron chi connectivity index (χ4n) is 0.856. The van der Waals surface area contributed by atoms with Crippen LogP contribution in [0.1, 0.15) is 0 Å². The Balaban J connectivity index is 3.36. The molecule has 0 N–H and O–H groups in total. The normalized spacial score (nSPS) is 9.92. The Labute approximate surface area is 94.9 Å². The van der Waals surface area contributed by atoms with Gasteiger partial charge in [0.1, 0.15) is 11.5 Å². The highest BCUT2D eigenvalue weighted by Crippen LogP contribution is 2.43. The number of hydrogen-bond donors (Lipinski definition) is 0. The molecule has 0 heterocycles. The molecule has 72 valence electrons. The molecule has 0 saturated heterocycles. The van der Waals surface area contributed by atoms with Crippen LogP contribution in [0, 0.1) is 0 Å². The standard InChI is InChI=1S/C8H7BrCl2O2/c1-12-4-3-5(13-2)8(11)6(9)7(4)10/h3H,1-2H3. The van der Waals surface area contributed by atoms with Crippen molar-refractivity contribution in [3.63, 3.8) is 0 Å². The average molecular weight is 286 g/mol. The van der Waals surface area contributed by atoms with E-state index >= 15 is 0 Å². The molecule has 2 nitrogen and oxygen atoms in total. The molecule has 0 atom stereocenters. The van der Waals surface area contributed by atoms with E-state index in [1.165, 1.54) is 14.2 Å². The summed E-state index contributed by atoms with van der Waals surface area (Å²) in [6.07, 6.45) is 0. The summed E-state index contributed by atoms with van der Waals surface area (Å²) < 4.78 is 10.6. The minimum absolute atomic E-state index is 0.438. The van der Waals surface area contributed by atoms with E-state index in [-0.39, 0.29) is 0 Å². The molecule has 0 amide bonds. The quantitative estimate of drug-likeness (QED) is 0.770. The molecule has 0 bridgehead atoms. The molecule has 0 aliphatic carbocycles. The van der Waals surface area contributed by atoms with Crippen molar-refractivity contribution in [3.8, 4) is 11.5 Å². The first-order valence-corrected chi connectivity index (χ1v) is 4.92. The monoisotopic (exact) mass is 284 g/mol. The number of halogens is 3. The second kappa shape index (κ2) is 4.40. The van der Waals surface area contributed by atoms with Gasteiger partial charge in [-0.3, -0.25) is 0 Å². The predicted molar refractivity (Wildman–Crippen MR) is 57.3 cm³/mol. The first-order chi connectivity index (χ1) is 6.11. The van der Waals surface area contributed by atoms with Gasteiger partial charge in [-0.2, -0.15) is 0 Å². The SMILES string of the molecule is COc1cc(OC)c(Cl)c(Br)c1Cl. The van der Waals surface area contributed by atoms with Crippen molar-refractivity contribution in [1.82, 2.24) is 0 Å². The summed E-state index contributed by atoms with van der Waals surface area (Å²) in [6, 6.07) is 1.63. The molecule has 1 aromatic rings. The highest BCUT2D eigenvalue weighted by Gasteiger charge is 2.14. The van der Waals surface area contributed by atoms with Gasteiger partial charge in [0.2, 0.25) is 0 Å². The highest BCUT2D eigenvalue weighted by molar-refractivity contribution is 9.10. The number of hydrogen-bond acceptors (Lipinski definition) is 2. The second-order valence-corrected chi connectivity index (χ2v) is 3.77. The second-order valence-electron chi connectivity index (χ2n) is 2.22. The Morgan fingerprint density at radius 2 is 1.46 bits per heavy atom. The van der Waals surface area contributed by atoms with Crippen molar-refractivity contribution in [1.29, 1.82) is 0 Å². The van der Waals surface area contributed by atoms with Crippen LogP contribution in [0.3, 0.4) is 0 Å². The zero-order valence-electron chi connectivity index (χ0n) is 7.03. The molecule has 0 spiro atoms. The molecule has 0 aromatic heterocycles. The number of benzene rings is 1. The van der Waals surface area contributed by atoms with Gasteiger partial charge < -0.3 is 9.47 Å². The first kappa shape index (κ1) is 11.0. The van der Waals surface area contributed by atoms with Crippen molar-refractivity contribution in [2.24, 2.45) is 0 Å². The van der Waals surface area contributed by atoms with Gasteiger partial charge >= 0.3 is 0 Å². The Morgan fingerprint density at radius 3 is 1.77 bits per heavy atom. The van der Waals surface area contributed by atoms with Crippen molar-refractivity contribution in [2.45, 2.75) is 0 Å². The molecule has 0 aliphatic rings. The van der Waals surface area contributed by atoms with Crippen LogP contribution in [-0.4, -0.2) is 14.2 Å². The summed E-state index contributed by atoms with van der Waals surface area (Å²) in [7, 11) is 3.06. The summed E-state index contributed by atoms with van der Waals surface area (Å²) in [5, 5.41) is 0.876. The third kappa shape index (κ3) is 2.03. The molecule has 1 rings (SSSR count). The van der Waals surface area contributed by atoms with Gasteiger partial charge in [-0.1, -0.05) is 23.2 Å². The summed E-state index contributed by atoms with van der Waals surface area (Å²) >= 11 is 15.1. The maximum absolute atomic E-state index is 5.92. The Bertz CT molecular complexity index is 300. The van der Waals surface area contributed by atoms with Crippen molar-refractivity contribution in [3.05, 3.63) is 20.6 Å². The van der Waals surface area contributed by atoms with Crippen LogP contribution in [0.15, 0.2) is 10.5 Å². The van der Waals surface area contributed by atoms with E-state index in [9.17, 15) is 0 Å². The lowest BCUT2D eigenvalue weighted by Gasteiger charge is -2.10. The van der Waals surface area contributed by atoms with E-state index in [0.29, 0.717) is 26.0 Å². The van der Waals surface area contributed by atoms with Crippen LogP contribution in [0.4, 0.5) is 0 Å². The molecule has 5 heteroatoms. The lowest BCUT2D eigenvalue weighted by molar-refractivity contribution is 0.394. The topological polar surface area (TPSA) is 18.5 Å². The van der Waals surface area contributed by atoms with Gasteiger partial charge in [0.25, 0.3) is 0 Å². The molecular formula is C8H7BrCl2O2. The maximum atomic E-state index is 5.92. The predicted octanol–water partition coefficient (Wildman–Crippen LogP) is 3.77. The fourth-order valence-corrected chi connectivity index (χ4v) is 1.75. The Hall–Kier alpha value is -0.120. The van der Waals surface area contributed by atoms with Crippen molar-refractivity contribution < 1.29 is 9.47 Å². The van der Waals surface area contributed by atoms with E-state index in [2.05, 4.69) is 15.9 Å². The zero-order chi connectivity index (χ0) is 10.0. The van der Waals surface area contributed by atoms with Gasteiger partial charge in [-0.15, -0.1) is 0 Å². The van der Waals surface area contributed by atoms with Gasteiger partial charge in [-0.05, 0) is 15.9 Å². The van der Waals surface area contributed by atoms with Crippen LogP contribution in [-0.2, 0) is 0 Å². The smallest absolute Gasteiger partial charge is 0.142 e. The molecule has 0 fully saturated rings. The molecule has 0 saturated carbocycles. The van der Waals surface area contributed by atoms with Crippen LogP contribution < -0.4 is 9.47 Å². The molecule has 0 radical (unpaired) electrons. The molecule has 0 aliphatic heterocycles. The number of ether oxygens (including phenoxy) is 2. The van der Waals surface area contributed by atoms with E-state index in [0.717, 1.165) is 0 Å². The van der Waals surface area contributed by atoms with Crippen LogP contribution in [0.2, 0.25) is 10.0 Å². The van der Waals surface area contributed by atoms with Crippen molar-refractivity contribution in [2.75, 3.05) is 14.2 Å². The lowest BCUT2D eigenvalue weighted by Crippen LogP contribution is -1.90. The van der Waals surface area contributed by atoms with E-state index in [4.69, 9.17) is 32.7 Å². The Morgan fingerprint density at radius 1 is 1.08 bits per heavy atom. The van der Waals surface area contributed by atoms with E-state index in [1.807, 2.05) is 0 Å². The number of methoxy groups -OCH3 is 2. The fraction of sp³-hybridized carbons (Fsp3) is 0.250. The van der Waals surface area contributed by atoms with Gasteiger partial charge in [0.05, 0.1) is 28.7 Å². The third-order valence-corrected chi connectivity index (χ3v) is 3.52. The molecule has 0 unspecified atom stereocenters. The van der Waals surface area contributed by atoms with Gasteiger partial charge in [0.15, 0.2) is 0 Å². The highest BCUT2D eigenvalue weighted by atomic mass is 79.9. The minimum Gasteiger partial charge on any atom is -0.495 e. The maximum Gasteiger partial charge on any atom is 0.142 e. The first-order valence-electron chi connectivity index (χ1n) is 3.37. The number of rotatable bonds is 2. The van der Waals surface area contributed by atoms with Gasteiger partial charge in [0, 0.05) is 6.07 Å².